The van der Waals surface area contributed by atoms with Crippen LogP contribution in [-0.4, -0.2) is 21.3 Å². The Morgan fingerprint density at radius 1 is 0.692 bits per heavy atom. The van der Waals surface area contributed by atoms with E-state index in [2.05, 4.69) is 72.8 Å². The summed E-state index contributed by atoms with van der Waals surface area (Å²) in [7, 11) is 5.09. The van der Waals surface area contributed by atoms with Gasteiger partial charge in [-0.05, 0) is 71.0 Å². The largest absolute Gasteiger partial charge is 0.497 e. The van der Waals surface area contributed by atoms with E-state index in [0.717, 1.165) is 57.1 Å². The molecule has 0 radical (unpaired) electrons. The standard InChI is InChI=1S/C35H28O4/c1-36-25-15-11-23(12-16-25)35(24-13-17-26(37-2)18-14-24)20-19-29-32-28(9-6-10-31(32)38-3)30-21-22-7-4-5-8-27(22)33(30)34(29)39-35/h4-20H,21H2,1-3H3. The molecule has 1 aliphatic heterocycles. The molecule has 0 amide bonds. The Labute approximate surface area is 228 Å². The number of rotatable bonds is 5. The monoisotopic (exact) mass is 512 g/mol. The number of hydrogen-bond acceptors (Lipinski definition) is 4. The quantitative estimate of drug-likeness (QED) is 0.236. The number of methoxy groups -OCH3 is 3. The molecule has 0 atom stereocenters. The van der Waals surface area contributed by atoms with E-state index in [1.54, 1.807) is 21.3 Å². The average Bonchev–Trinajstić information content (AvgIpc) is 3.41. The lowest BCUT2D eigenvalue weighted by atomic mass is 9.82. The van der Waals surface area contributed by atoms with Crippen molar-refractivity contribution in [3.63, 3.8) is 0 Å². The molecule has 192 valence electrons. The highest BCUT2D eigenvalue weighted by molar-refractivity contribution is 6.07. The van der Waals surface area contributed by atoms with E-state index in [9.17, 15) is 0 Å². The first-order valence-electron chi connectivity index (χ1n) is 13.1. The molecule has 5 aromatic rings. The van der Waals surface area contributed by atoms with Gasteiger partial charge in [0.15, 0.2) is 5.60 Å². The van der Waals surface area contributed by atoms with Gasteiger partial charge in [-0.3, -0.25) is 0 Å². The summed E-state index contributed by atoms with van der Waals surface area (Å²) in [6.45, 7) is 0. The Kier molecular flexibility index (Phi) is 5.38. The summed E-state index contributed by atoms with van der Waals surface area (Å²) < 4.78 is 24.1. The third-order valence-corrected chi connectivity index (χ3v) is 8.05. The lowest BCUT2D eigenvalue weighted by Crippen LogP contribution is -2.34. The zero-order valence-corrected chi connectivity index (χ0v) is 22.2. The van der Waals surface area contributed by atoms with Crippen molar-refractivity contribution in [3.05, 3.63) is 125 Å². The van der Waals surface area contributed by atoms with Crippen molar-refractivity contribution in [2.45, 2.75) is 12.0 Å². The second kappa shape index (κ2) is 8.95. The van der Waals surface area contributed by atoms with E-state index in [-0.39, 0.29) is 0 Å². The molecule has 0 saturated carbocycles. The Morgan fingerprint density at radius 3 is 2.00 bits per heavy atom. The van der Waals surface area contributed by atoms with E-state index in [1.165, 1.54) is 22.1 Å². The maximum Gasteiger partial charge on any atom is 0.178 e. The fraction of sp³-hybridized carbons (Fsp3) is 0.143. The van der Waals surface area contributed by atoms with Gasteiger partial charge in [-0.25, -0.2) is 0 Å². The molecule has 0 fully saturated rings. The molecule has 0 saturated heterocycles. The maximum atomic E-state index is 7.32. The minimum atomic E-state index is -0.855. The molecule has 4 nitrogen and oxygen atoms in total. The molecular formula is C35H28O4. The predicted octanol–water partition coefficient (Wildman–Crippen LogP) is 7.79. The molecular weight excluding hydrogens is 484 g/mol. The summed E-state index contributed by atoms with van der Waals surface area (Å²) in [4.78, 5) is 0. The van der Waals surface area contributed by atoms with Crippen molar-refractivity contribution >= 4 is 16.8 Å². The highest BCUT2D eigenvalue weighted by Crippen LogP contribution is 2.55. The topological polar surface area (TPSA) is 36.9 Å². The summed E-state index contributed by atoms with van der Waals surface area (Å²) >= 11 is 0. The van der Waals surface area contributed by atoms with Crippen LogP contribution in [0.3, 0.4) is 0 Å². The molecule has 2 aliphatic rings. The molecule has 0 aromatic heterocycles. The smallest absolute Gasteiger partial charge is 0.178 e. The van der Waals surface area contributed by atoms with Crippen LogP contribution in [0, 0.1) is 0 Å². The van der Waals surface area contributed by atoms with Crippen LogP contribution in [0.4, 0.5) is 0 Å². The maximum absolute atomic E-state index is 7.32. The van der Waals surface area contributed by atoms with Gasteiger partial charge in [-0.1, -0.05) is 60.7 Å². The van der Waals surface area contributed by atoms with E-state index >= 15 is 0 Å². The van der Waals surface area contributed by atoms with Crippen molar-refractivity contribution in [2.24, 2.45) is 0 Å². The Morgan fingerprint density at radius 2 is 1.36 bits per heavy atom. The Hall–Kier alpha value is -4.70. The Balaban J connectivity index is 1.54. The van der Waals surface area contributed by atoms with Crippen LogP contribution in [-0.2, 0) is 12.0 Å². The van der Waals surface area contributed by atoms with Crippen molar-refractivity contribution in [2.75, 3.05) is 21.3 Å². The summed E-state index contributed by atoms with van der Waals surface area (Å²) in [5.41, 5.74) is 7.17. The molecule has 5 aromatic carbocycles. The fourth-order valence-electron chi connectivity index (χ4n) is 6.14. The van der Waals surface area contributed by atoms with Crippen LogP contribution in [0.25, 0.3) is 28.0 Å². The van der Waals surface area contributed by atoms with Crippen LogP contribution < -0.4 is 18.9 Å². The molecule has 1 aliphatic carbocycles. The van der Waals surface area contributed by atoms with Crippen molar-refractivity contribution in [1.29, 1.82) is 0 Å². The van der Waals surface area contributed by atoms with E-state index in [1.807, 2.05) is 30.3 Å². The third-order valence-electron chi connectivity index (χ3n) is 8.05. The van der Waals surface area contributed by atoms with E-state index < -0.39 is 5.60 Å². The predicted molar refractivity (Wildman–Crippen MR) is 155 cm³/mol. The normalized spacial score (nSPS) is 14.2. The second-order valence-electron chi connectivity index (χ2n) is 9.94. The van der Waals surface area contributed by atoms with Crippen molar-refractivity contribution < 1.29 is 18.9 Å². The zero-order chi connectivity index (χ0) is 26.6. The van der Waals surface area contributed by atoms with Gasteiger partial charge in [0.2, 0.25) is 0 Å². The molecule has 7 rings (SSSR count). The van der Waals surface area contributed by atoms with Crippen LogP contribution in [0.2, 0.25) is 0 Å². The first kappa shape index (κ1) is 23.4. The fourth-order valence-corrected chi connectivity index (χ4v) is 6.14. The Bertz CT molecular complexity index is 1700. The highest BCUT2D eigenvalue weighted by Gasteiger charge is 2.40. The number of fused-ring (bicyclic) bond motifs is 8. The number of benzene rings is 5. The lowest BCUT2D eigenvalue weighted by Gasteiger charge is -2.37. The molecule has 1 heterocycles. The summed E-state index contributed by atoms with van der Waals surface area (Å²) in [5, 5.41) is 2.28. The van der Waals surface area contributed by atoms with E-state index in [0.29, 0.717) is 0 Å². The molecule has 0 bridgehead atoms. The SMILES string of the molecule is COc1ccc(C2(c3ccc(OC)cc3)C=Cc3c(c4c(c5cccc(OC)c35)Cc3ccccc3-4)O2)cc1. The summed E-state index contributed by atoms with van der Waals surface area (Å²) in [5.74, 6) is 3.32. The van der Waals surface area contributed by atoms with Crippen LogP contribution in [0.15, 0.2) is 97.1 Å². The number of ether oxygens (including phenoxy) is 4. The number of hydrogen-bond donors (Lipinski definition) is 0. The van der Waals surface area contributed by atoms with E-state index in [4.69, 9.17) is 18.9 Å². The van der Waals surface area contributed by atoms with Crippen LogP contribution >= 0.6 is 0 Å². The molecule has 39 heavy (non-hydrogen) atoms. The van der Waals surface area contributed by atoms with Crippen LogP contribution in [0.1, 0.15) is 27.8 Å². The first-order chi connectivity index (χ1) is 19.2. The van der Waals surface area contributed by atoms with Gasteiger partial charge in [-0.15, -0.1) is 0 Å². The molecule has 4 heteroatoms. The van der Waals surface area contributed by atoms with Crippen molar-refractivity contribution in [1.82, 2.24) is 0 Å². The minimum Gasteiger partial charge on any atom is -0.497 e. The highest BCUT2D eigenvalue weighted by atomic mass is 16.5. The lowest BCUT2D eigenvalue weighted by molar-refractivity contribution is 0.162. The molecule has 0 unspecified atom stereocenters. The van der Waals surface area contributed by atoms with Gasteiger partial charge in [-0.2, -0.15) is 0 Å². The van der Waals surface area contributed by atoms with Gasteiger partial charge >= 0.3 is 0 Å². The summed E-state index contributed by atoms with van der Waals surface area (Å²) in [6, 6.07) is 31.2. The minimum absolute atomic E-state index is 0.800. The summed E-state index contributed by atoms with van der Waals surface area (Å²) in [6.07, 6.45) is 5.23. The van der Waals surface area contributed by atoms with Gasteiger partial charge in [0.1, 0.15) is 23.0 Å². The second-order valence-corrected chi connectivity index (χ2v) is 9.94. The van der Waals surface area contributed by atoms with Crippen LogP contribution in [0.5, 0.6) is 23.0 Å². The zero-order valence-electron chi connectivity index (χ0n) is 22.2. The van der Waals surface area contributed by atoms with Gasteiger partial charge in [0.05, 0.1) is 21.3 Å². The van der Waals surface area contributed by atoms with Gasteiger partial charge < -0.3 is 18.9 Å². The van der Waals surface area contributed by atoms with Gasteiger partial charge in [0, 0.05) is 27.6 Å². The first-order valence-corrected chi connectivity index (χ1v) is 13.1. The third kappa shape index (κ3) is 3.45. The van der Waals surface area contributed by atoms with Crippen molar-refractivity contribution in [3.8, 4) is 34.1 Å². The van der Waals surface area contributed by atoms with Gasteiger partial charge in [0.25, 0.3) is 0 Å². The average molecular weight is 513 g/mol. The molecule has 0 spiro atoms. The molecule has 0 N–H and O–H groups in total.